The van der Waals surface area contributed by atoms with Crippen LogP contribution in [0.4, 0.5) is 0 Å². The molecule has 2 rings (SSSR count). The molecule has 1 radical (unpaired) electrons. The van der Waals surface area contributed by atoms with Crippen LogP contribution in [0.1, 0.15) is 42.0 Å². The molecule has 0 atom stereocenters. The van der Waals surface area contributed by atoms with Crippen LogP contribution in [0.2, 0.25) is 0 Å². The van der Waals surface area contributed by atoms with Gasteiger partial charge in [-0.25, -0.2) is 0 Å². The van der Waals surface area contributed by atoms with Crippen molar-refractivity contribution in [2.75, 3.05) is 33.2 Å². The quantitative estimate of drug-likeness (QED) is 0.119. The van der Waals surface area contributed by atoms with Crippen molar-refractivity contribution in [2.45, 2.75) is 33.1 Å². The van der Waals surface area contributed by atoms with Crippen LogP contribution in [0.15, 0.2) is 46.4 Å². The number of rotatable bonds is 11. The monoisotopic (exact) mass is 499 g/mol. The molecule has 0 fully saturated rings. The molecule has 181 valence electrons. The Hall–Kier alpha value is -2.84. The number of hydrogen-bond acceptors (Lipinski definition) is 4. The Morgan fingerprint density at radius 3 is 1.97 bits per heavy atom. The van der Waals surface area contributed by atoms with Crippen LogP contribution in [0.3, 0.4) is 0 Å². The SMILES string of the molecule is CCc1ccc([OH2+])c(C=NCCCN(C)CCCN=Cc2cc(C)ccc2[OH2+])c1.[Co].[N-]=[N+]=N. The van der Waals surface area contributed by atoms with E-state index in [1.807, 2.05) is 49.7 Å². The molecule has 0 aliphatic rings. The summed E-state index contributed by atoms with van der Waals surface area (Å²) in [5.74, 6) is 1.06. The Balaban J connectivity index is 0.00000242. The van der Waals surface area contributed by atoms with Crippen molar-refractivity contribution < 1.29 is 27.0 Å². The Bertz CT molecular complexity index is 927. The Kier molecular flexibility index (Phi) is 16.2. The van der Waals surface area contributed by atoms with Gasteiger partial charge in [-0.2, -0.15) is 0 Å². The molecule has 0 aliphatic heterocycles. The van der Waals surface area contributed by atoms with Crippen LogP contribution in [0, 0.1) is 12.5 Å². The largest absolute Gasteiger partial charge is 0.593 e. The third-order valence-electron chi connectivity index (χ3n) is 4.85. The van der Waals surface area contributed by atoms with Crippen LogP contribution in [0.25, 0.3) is 10.4 Å². The van der Waals surface area contributed by atoms with E-state index in [4.69, 9.17) is 21.3 Å². The average Bonchev–Trinajstić information content (AvgIpc) is 2.77. The van der Waals surface area contributed by atoms with Gasteiger partial charge in [0.15, 0.2) is 0 Å². The van der Waals surface area contributed by atoms with Crippen molar-refractivity contribution in [1.82, 2.24) is 4.90 Å². The molecular formula is C24H36CoN6O2+2. The van der Waals surface area contributed by atoms with Crippen LogP contribution in [0.5, 0.6) is 11.5 Å². The van der Waals surface area contributed by atoms with Crippen LogP contribution < -0.4 is 0 Å². The topological polar surface area (TPSA) is 134 Å². The van der Waals surface area contributed by atoms with Gasteiger partial charge < -0.3 is 15.1 Å². The van der Waals surface area contributed by atoms with E-state index in [1.54, 1.807) is 4.91 Å². The first-order chi connectivity index (χ1) is 15.4. The minimum Gasteiger partial charge on any atom is -0.593 e. The van der Waals surface area contributed by atoms with Gasteiger partial charge in [-0.05, 0) is 86.1 Å². The molecule has 0 saturated heterocycles. The van der Waals surface area contributed by atoms with Gasteiger partial charge in [0.25, 0.3) is 11.5 Å². The molecule has 2 aromatic carbocycles. The second-order valence-corrected chi connectivity index (χ2v) is 7.55. The molecule has 5 N–H and O–H groups in total. The van der Waals surface area contributed by atoms with E-state index in [9.17, 15) is 0 Å². The summed E-state index contributed by atoms with van der Waals surface area (Å²) in [4.78, 5) is 13.0. The second-order valence-electron chi connectivity index (χ2n) is 7.55. The van der Waals surface area contributed by atoms with E-state index < -0.39 is 0 Å². The minimum absolute atomic E-state index is 0. The molecular weight excluding hydrogens is 463 g/mol. The van der Waals surface area contributed by atoms with Gasteiger partial charge in [0.05, 0.1) is 11.1 Å². The predicted octanol–water partition coefficient (Wildman–Crippen LogP) is 4.56. The Morgan fingerprint density at radius 1 is 0.970 bits per heavy atom. The van der Waals surface area contributed by atoms with Crippen LogP contribution in [-0.2, 0) is 23.2 Å². The molecule has 0 aromatic heterocycles. The molecule has 0 bridgehead atoms. The second kappa shape index (κ2) is 17.7. The molecule has 0 saturated carbocycles. The zero-order valence-corrected chi connectivity index (χ0v) is 20.7. The van der Waals surface area contributed by atoms with Gasteiger partial charge in [-0.15, -0.1) is 5.53 Å². The molecule has 0 heterocycles. The Labute approximate surface area is 206 Å². The van der Waals surface area contributed by atoms with Crippen LogP contribution >= 0.6 is 0 Å². The standard InChI is InChI=1S/C24H33N3O2.Co.HN3/c1-4-20-8-10-24(29)22(16-20)18-26-12-6-14-27(3)13-5-11-25-17-21-15-19(2)7-9-23(21)28;;1-3-2/h7-10,15-18,28-29H,4-6,11-14H2,1-3H3;;1H/p+2. The van der Waals surface area contributed by atoms with E-state index in [2.05, 4.69) is 34.9 Å². The maximum absolute atomic E-state index is 7.96. The van der Waals surface area contributed by atoms with E-state index in [1.165, 1.54) is 5.56 Å². The van der Waals surface area contributed by atoms with Gasteiger partial charge >= 0.3 is 0 Å². The molecule has 0 unspecified atom stereocenters. The summed E-state index contributed by atoms with van der Waals surface area (Å²) in [7, 11) is 2.13. The molecule has 2 aromatic rings. The van der Waals surface area contributed by atoms with E-state index in [0.717, 1.165) is 62.1 Å². The summed E-state index contributed by atoms with van der Waals surface area (Å²) in [6.07, 6.45) is 6.63. The first-order valence-electron chi connectivity index (χ1n) is 10.8. The minimum atomic E-state index is 0. The third kappa shape index (κ3) is 12.7. The van der Waals surface area contributed by atoms with E-state index in [-0.39, 0.29) is 16.8 Å². The molecule has 0 amide bonds. The third-order valence-corrected chi connectivity index (χ3v) is 4.85. The predicted molar refractivity (Wildman–Crippen MR) is 134 cm³/mol. The van der Waals surface area contributed by atoms with Crippen molar-refractivity contribution in [3.8, 4) is 11.5 Å². The molecule has 9 heteroatoms. The normalized spacial score (nSPS) is 10.7. The van der Waals surface area contributed by atoms with Crippen molar-refractivity contribution in [2.24, 2.45) is 9.98 Å². The number of benzene rings is 2. The van der Waals surface area contributed by atoms with Gasteiger partial charge in [-0.1, -0.05) is 13.0 Å². The zero-order chi connectivity index (χ0) is 23.8. The average molecular weight is 500 g/mol. The van der Waals surface area contributed by atoms with Gasteiger partial charge in [-0.3, -0.25) is 9.98 Å². The smallest absolute Gasteiger partial charge is 0.262 e. The fourth-order valence-corrected chi connectivity index (χ4v) is 3.03. The first kappa shape index (κ1) is 30.2. The number of aliphatic imine (C=N–C) groups is 2. The summed E-state index contributed by atoms with van der Waals surface area (Å²) in [5.41, 5.74) is 16.4. The summed E-state index contributed by atoms with van der Waals surface area (Å²) >= 11 is 0. The summed E-state index contributed by atoms with van der Waals surface area (Å²) in [6, 6.07) is 11.7. The Morgan fingerprint density at radius 2 is 1.45 bits per heavy atom. The van der Waals surface area contributed by atoms with E-state index >= 15 is 0 Å². The van der Waals surface area contributed by atoms with Gasteiger partial charge in [0.1, 0.15) is 0 Å². The van der Waals surface area contributed by atoms with Gasteiger partial charge in [0, 0.05) is 54.4 Å². The number of aryl methyl sites for hydroxylation is 2. The van der Waals surface area contributed by atoms with Crippen molar-refractivity contribution in [3.63, 3.8) is 0 Å². The maximum Gasteiger partial charge on any atom is 0.262 e. The molecule has 8 nitrogen and oxygen atoms in total. The van der Waals surface area contributed by atoms with E-state index in [0.29, 0.717) is 11.5 Å². The zero-order valence-electron chi connectivity index (χ0n) is 19.6. The summed E-state index contributed by atoms with van der Waals surface area (Å²) < 4.78 is 0. The molecule has 33 heavy (non-hydrogen) atoms. The first-order valence-corrected chi connectivity index (χ1v) is 10.8. The number of hydrogen-bond donors (Lipinski definition) is 1. The molecule has 0 aliphatic carbocycles. The number of nitrogens with zero attached hydrogens (tertiary/aromatic N) is 5. The molecule has 0 spiro atoms. The maximum atomic E-state index is 7.96. The summed E-state index contributed by atoms with van der Waals surface area (Å²) in [5, 5.41) is 15.8. The fourth-order valence-electron chi connectivity index (χ4n) is 3.03. The summed E-state index contributed by atoms with van der Waals surface area (Å²) in [6.45, 7) is 7.70. The van der Waals surface area contributed by atoms with Gasteiger partial charge in [0.2, 0.25) is 0 Å². The number of nitrogens with one attached hydrogen (secondary N) is 1. The van der Waals surface area contributed by atoms with Crippen molar-refractivity contribution in [3.05, 3.63) is 69.1 Å². The van der Waals surface area contributed by atoms with Crippen molar-refractivity contribution >= 4 is 12.4 Å². The van der Waals surface area contributed by atoms with Crippen molar-refractivity contribution in [1.29, 1.82) is 5.53 Å². The van der Waals surface area contributed by atoms with Crippen LogP contribution in [-0.4, -0.2) is 60.8 Å². The fraction of sp³-hybridized carbons (Fsp3) is 0.417.